The maximum atomic E-state index is 13.2. The maximum absolute atomic E-state index is 13.2. The number of benzene rings is 2. The lowest BCUT2D eigenvalue weighted by atomic mass is 9.84. The maximum Gasteiger partial charge on any atom is 0.228 e. The van der Waals surface area contributed by atoms with Crippen LogP contribution in [-0.2, 0) is 11.2 Å². The fourth-order valence-corrected chi connectivity index (χ4v) is 3.82. The fraction of sp³-hybridized carbons (Fsp3) is 0.435. The van der Waals surface area contributed by atoms with Gasteiger partial charge >= 0.3 is 0 Å². The van der Waals surface area contributed by atoms with Gasteiger partial charge in [0.1, 0.15) is 6.10 Å². The minimum atomic E-state index is -0.882. The van der Waals surface area contributed by atoms with Gasteiger partial charge in [-0.25, -0.2) is 0 Å². The second-order valence-electron chi connectivity index (χ2n) is 8.20. The van der Waals surface area contributed by atoms with Gasteiger partial charge in [0, 0.05) is 12.0 Å². The molecule has 5 nitrogen and oxygen atoms in total. The van der Waals surface area contributed by atoms with Gasteiger partial charge in [-0.3, -0.25) is 4.79 Å². The first-order valence-electron chi connectivity index (χ1n) is 9.56. The van der Waals surface area contributed by atoms with Crippen LogP contribution in [0.2, 0.25) is 0 Å². The Morgan fingerprint density at radius 3 is 2.43 bits per heavy atom. The Morgan fingerprint density at radius 1 is 1.11 bits per heavy atom. The van der Waals surface area contributed by atoms with Crippen molar-refractivity contribution in [1.82, 2.24) is 4.90 Å². The number of ether oxygens (including phenoxy) is 2. The molecule has 2 aromatic rings. The number of methoxy groups -OCH3 is 2. The molecule has 1 amide bonds. The van der Waals surface area contributed by atoms with Gasteiger partial charge in [-0.15, -0.1) is 0 Å². The van der Waals surface area contributed by atoms with Crippen LogP contribution >= 0.6 is 0 Å². The van der Waals surface area contributed by atoms with E-state index in [1.807, 2.05) is 49.9 Å². The quantitative estimate of drug-likeness (QED) is 0.870. The Hall–Kier alpha value is -2.53. The topological polar surface area (TPSA) is 59.0 Å². The average molecular weight is 383 g/mol. The van der Waals surface area contributed by atoms with E-state index in [0.717, 1.165) is 12.0 Å². The van der Waals surface area contributed by atoms with Gasteiger partial charge in [0.2, 0.25) is 5.91 Å². The van der Waals surface area contributed by atoms with Crippen LogP contribution in [0.5, 0.6) is 11.5 Å². The summed E-state index contributed by atoms with van der Waals surface area (Å²) in [5, 5.41) is 11.4. The van der Waals surface area contributed by atoms with E-state index in [1.165, 1.54) is 5.56 Å². The van der Waals surface area contributed by atoms with E-state index < -0.39 is 17.6 Å². The van der Waals surface area contributed by atoms with Gasteiger partial charge < -0.3 is 19.5 Å². The third-order valence-electron chi connectivity index (χ3n) is 5.28. The van der Waals surface area contributed by atoms with Gasteiger partial charge in [0.25, 0.3) is 0 Å². The highest BCUT2D eigenvalue weighted by atomic mass is 16.5. The molecule has 1 aliphatic rings. The number of aliphatic hydroxyl groups is 1. The molecule has 0 saturated carbocycles. The van der Waals surface area contributed by atoms with Crippen LogP contribution in [0.3, 0.4) is 0 Å². The Kier molecular flexibility index (Phi) is 5.66. The third kappa shape index (κ3) is 3.72. The zero-order chi connectivity index (χ0) is 20.5. The molecular formula is C23H29NO4. The molecule has 2 aromatic carbocycles. The summed E-state index contributed by atoms with van der Waals surface area (Å²) in [5.41, 5.74) is 2.33. The van der Waals surface area contributed by atoms with Crippen molar-refractivity contribution >= 4 is 5.91 Å². The average Bonchev–Trinajstić information content (AvgIpc) is 2.70. The highest BCUT2D eigenvalue weighted by Crippen LogP contribution is 2.42. The first kappa shape index (κ1) is 20.2. The van der Waals surface area contributed by atoms with Crippen LogP contribution in [0, 0.1) is 5.41 Å². The van der Waals surface area contributed by atoms with E-state index >= 15 is 0 Å². The van der Waals surface area contributed by atoms with Crippen LogP contribution in [0.1, 0.15) is 49.6 Å². The number of aliphatic hydroxyl groups excluding tert-OH is 1. The van der Waals surface area contributed by atoms with E-state index in [1.54, 1.807) is 26.4 Å². The second-order valence-corrected chi connectivity index (χ2v) is 8.20. The Bertz CT molecular complexity index is 856. The van der Waals surface area contributed by atoms with Crippen molar-refractivity contribution in [2.24, 2.45) is 5.41 Å². The molecule has 150 valence electrons. The Morgan fingerprint density at radius 2 is 1.79 bits per heavy atom. The summed E-state index contributed by atoms with van der Waals surface area (Å²) in [6.45, 7) is 6.32. The number of hydrogen-bond donors (Lipinski definition) is 1. The number of nitrogens with zero attached hydrogens (tertiary/aromatic N) is 1. The zero-order valence-electron chi connectivity index (χ0n) is 17.2. The van der Waals surface area contributed by atoms with Crippen LogP contribution in [0.4, 0.5) is 0 Å². The summed E-state index contributed by atoms with van der Waals surface area (Å²) in [7, 11) is 3.15. The molecule has 0 bridgehead atoms. The molecule has 0 aromatic heterocycles. The molecule has 2 unspecified atom stereocenters. The molecule has 1 N–H and O–H groups in total. The lowest BCUT2D eigenvalue weighted by Crippen LogP contribution is -2.47. The SMILES string of the molecule is COc1ccc(C(O)C2c3ccccc3CCN2C(=O)C(C)(C)C)cc1OC. The first-order chi connectivity index (χ1) is 13.3. The zero-order valence-corrected chi connectivity index (χ0v) is 17.2. The molecule has 1 heterocycles. The number of carbonyl (C=O) groups is 1. The lowest BCUT2D eigenvalue weighted by Gasteiger charge is -2.42. The van der Waals surface area contributed by atoms with Crippen LogP contribution in [0.25, 0.3) is 0 Å². The Labute approximate surface area is 166 Å². The second kappa shape index (κ2) is 7.84. The van der Waals surface area contributed by atoms with Crippen molar-refractivity contribution in [3.05, 3.63) is 59.2 Å². The van der Waals surface area contributed by atoms with E-state index in [9.17, 15) is 9.90 Å². The fourth-order valence-electron chi connectivity index (χ4n) is 3.82. The van der Waals surface area contributed by atoms with Crippen LogP contribution in [-0.4, -0.2) is 36.7 Å². The number of fused-ring (bicyclic) bond motifs is 1. The predicted octanol–water partition coefficient (Wildman–Crippen LogP) is 3.91. The minimum Gasteiger partial charge on any atom is -0.493 e. The highest BCUT2D eigenvalue weighted by Gasteiger charge is 2.40. The molecule has 0 saturated heterocycles. The molecule has 28 heavy (non-hydrogen) atoms. The van der Waals surface area contributed by atoms with Crippen molar-refractivity contribution in [2.75, 3.05) is 20.8 Å². The van der Waals surface area contributed by atoms with Gasteiger partial charge in [0.15, 0.2) is 11.5 Å². The first-order valence-corrected chi connectivity index (χ1v) is 9.56. The standard InChI is InChI=1S/C23H29NO4/c1-23(2,3)22(26)24-13-12-15-8-6-7-9-17(15)20(24)21(25)16-10-11-18(27-4)19(14-16)28-5/h6-11,14,20-21,25H,12-13H2,1-5H3. The highest BCUT2D eigenvalue weighted by molar-refractivity contribution is 5.82. The van der Waals surface area contributed by atoms with Crippen LogP contribution < -0.4 is 9.47 Å². The van der Waals surface area contributed by atoms with Crippen LogP contribution in [0.15, 0.2) is 42.5 Å². The number of rotatable bonds is 4. The summed E-state index contributed by atoms with van der Waals surface area (Å²) < 4.78 is 10.7. The van der Waals surface area contributed by atoms with Crippen molar-refractivity contribution in [1.29, 1.82) is 0 Å². The van der Waals surface area contributed by atoms with Crippen molar-refractivity contribution in [2.45, 2.75) is 39.3 Å². The molecule has 2 atom stereocenters. The molecule has 0 aliphatic carbocycles. The molecule has 0 radical (unpaired) electrons. The summed E-state index contributed by atoms with van der Waals surface area (Å²) >= 11 is 0. The summed E-state index contributed by atoms with van der Waals surface area (Å²) in [5.74, 6) is 1.19. The van der Waals surface area contributed by atoms with Crippen molar-refractivity contribution in [3.8, 4) is 11.5 Å². The van der Waals surface area contributed by atoms with E-state index in [4.69, 9.17) is 9.47 Å². The summed E-state index contributed by atoms with van der Waals surface area (Å²) in [4.78, 5) is 15.0. The van der Waals surface area contributed by atoms with Gasteiger partial charge in [0.05, 0.1) is 20.3 Å². The number of amides is 1. The number of carbonyl (C=O) groups excluding carboxylic acids is 1. The summed E-state index contributed by atoms with van der Waals surface area (Å²) in [6.07, 6.45) is -0.0970. The largest absolute Gasteiger partial charge is 0.493 e. The lowest BCUT2D eigenvalue weighted by molar-refractivity contribution is -0.145. The third-order valence-corrected chi connectivity index (χ3v) is 5.28. The van der Waals surface area contributed by atoms with Gasteiger partial charge in [-0.05, 0) is 35.2 Å². The molecule has 1 aliphatic heterocycles. The molecule has 0 spiro atoms. The molecule has 5 heteroatoms. The van der Waals surface area contributed by atoms with E-state index in [0.29, 0.717) is 23.6 Å². The van der Waals surface area contributed by atoms with E-state index in [2.05, 4.69) is 6.07 Å². The number of hydrogen-bond acceptors (Lipinski definition) is 4. The minimum absolute atomic E-state index is 0.0338. The normalized spacial score (nSPS) is 17.6. The van der Waals surface area contributed by atoms with E-state index in [-0.39, 0.29) is 5.91 Å². The van der Waals surface area contributed by atoms with Crippen molar-refractivity contribution in [3.63, 3.8) is 0 Å². The molecule has 0 fully saturated rings. The molecular weight excluding hydrogens is 354 g/mol. The smallest absolute Gasteiger partial charge is 0.228 e. The van der Waals surface area contributed by atoms with Gasteiger partial charge in [-0.1, -0.05) is 51.1 Å². The van der Waals surface area contributed by atoms with Gasteiger partial charge in [-0.2, -0.15) is 0 Å². The molecule has 3 rings (SSSR count). The monoisotopic (exact) mass is 383 g/mol. The predicted molar refractivity (Wildman–Crippen MR) is 109 cm³/mol. The van der Waals surface area contributed by atoms with Crippen molar-refractivity contribution < 1.29 is 19.4 Å². The Balaban J connectivity index is 2.07. The summed E-state index contributed by atoms with van der Waals surface area (Å²) in [6, 6.07) is 13.0.